The minimum atomic E-state index is -3.49. The van der Waals surface area contributed by atoms with Crippen molar-refractivity contribution in [2.24, 2.45) is 0 Å². The van der Waals surface area contributed by atoms with Crippen molar-refractivity contribution in [1.82, 2.24) is 13.9 Å². The molecule has 0 aliphatic carbocycles. The van der Waals surface area contributed by atoms with Gasteiger partial charge in [-0.3, -0.25) is 4.90 Å². The van der Waals surface area contributed by atoms with Gasteiger partial charge in [0.15, 0.2) is 0 Å². The van der Waals surface area contributed by atoms with Gasteiger partial charge in [-0.15, -0.1) is 0 Å². The van der Waals surface area contributed by atoms with Crippen LogP contribution in [0.5, 0.6) is 0 Å². The van der Waals surface area contributed by atoms with Crippen LogP contribution in [0.2, 0.25) is 0 Å². The van der Waals surface area contributed by atoms with Gasteiger partial charge in [0.25, 0.3) is 10.2 Å². The second-order valence-electron chi connectivity index (χ2n) is 5.35. The van der Waals surface area contributed by atoms with Crippen molar-refractivity contribution < 1.29 is 18.6 Å². The molecule has 0 radical (unpaired) electrons. The van der Waals surface area contributed by atoms with Crippen molar-refractivity contribution in [2.45, 2.75) is 12.6 Å². The molecule has 1 aromatic rings. The summed E-state index contributed by atoms with van der Waals surface area (Å²) < 4.78 is 28.5. The topological polar surface area (TPSA) is 93.1 Å². The summed E-state index contributed by atoms with van der Waals surface area (Å²) in [5.74, 6) is 0. The fourth-order valence-corrected chi connectivity index (χ4v) is 3.55. The lowest BCUT2D eigenvalue weighted by Crippen LogP contribution is -2.53. The molecule has 1 atom stereocenters. The molecule has 0 aromatic heterocycles. The molecule has 8 heteroatoms. The number of piperazine rings is 1. The van der Waals surface area contributed by atoms with Crippen LogP contribution in [0.15, 0.2) is 30.3 Å². The van der Waals surface area contributed by atoms with Crippen molar-refractivity contribution in [1.29, 1.82) is 0 Å². The zero-order valence-corrected chi connectivity index (χ0v) is 13.2. The lowest BCUT2D eigenvalue weighted by Gasteiger charge is -2.34. The molecule has 124 valence electrons. The molecule has 1 heterocycles. The lowest BCUT2D eigenvalue weighted by atomic mass is 10.2. The smallest absolute Gasteiger partial charge is 0.279 e. The molecule has 7 nitrogen and oxygen atoms in total. The third-order valence-electron chi connectivity index (χ3n) is 3.65. The highest BCUT2D eigenvalue weighted by atomic mass is 32.2. The number of hydrogen-bond donors (Lipinski definition) is 3. The third kappa shape index (κ3) is 5.01. The van der Waals surface area contributed by atoms with E-state index in [1.807, 2.05) is 35.2 Å². The molecule has 0 bridgehead atoms. The number of β-amino-alcohol motifs (C(OH)–C–C–N with tert-alkyl or cyclic N) is 1. The Morgan fingerprint density at radius 3 is 2.36 bits per heavy atom. The second kappa shape index (κ2) is 8.00. The van der Waals surface area contributed by atoms with Crippen molar-refractivity contribution in [3.8, 4) is 0 Å². The fraction of sp³-hybridized carbons (Fsp3) is 0.571. The Labute approximate surface area is 131 Å². The maximum Gasteiger partial charge on any atom is 0.279 e. The summed E-state index contributed by atoms with van der Waals surface area (Å²) in [6.07, 6.45) is -0.778. The summed E-state index contributed by atoms with van der Waals surface area (Å²) in [6, 6.07) is 9.37. The first-order chi connectivity index (χ1) is 10.5. The van der Waals surface area contributed by atoms with Crippen LogP contribution < -0.4 is 4.72 Å². The number of nitrogens with zero attached hydrogens (tertiary/aromatic N) is 2. The highest BCUT2D eigenvalue weighted by molar-refractivity contribution is 7.87. The van der Waals surface area contributed by atoms with Gasteiger partial charge in [0.05, 0.1) is 12.7 Å². The van der Waals surface area contributed by atoms with Crippen LogP contribution in [0.1, 0.15) is 5.56 Å². The average Bonchev–Trinajstić information content (AvgIpc) is 2.54. The maximum absolute atomic E-state index is 12.3. The lowest BCUT2D eigenvalue weighted by molar-refractivity contribution is 0.0490. The average molecular weight is 329 g/mol. The van der Waals surface area contributed by atoms with Gasteiger partial charge in [0.1, 0.15) is 0 Å². The van der Waals surface area contributed by atoms with Crippen LogP contribution >= 0.6 is 0 Å². The SMILES string of the molecule is O=S(=O)(NCc1ccccc1)N1CCN(C[C@H](O)CO)CC1. The molecule has 0 unspecified atom stereocenters. The van der Waals surface area contributed by atoms with Crippen molar-refractivity contribution in [3.05, 3.63) is 35.9 Å². The Hall–Kier alpha value is -1.03. The number of rotatable bonds is 7. The summed E-state index contributed by atoms with van der Waals surface area (Å²) in [5, 5.41) is 18.2. The molecule has 3 N–H and O–H groups in total. The Bertz CT molecular complexity index is 544. The minimum Gasteiger partial charge on any atom is -0.394 e. The van der Waals surface area contributed by atoms with Crippen LogP contribution in [-0.2, 0) is 16.8 Å². The fourth-order valence-electron chi connectivity index (χ4n) is 2.37. The van der Waals surface area contributed by atoms with Crippen molar-refractivity contribution in [2.75, 3.05) is 39.3 Å². The Morgan fingerprint density at radius 2 is 1.77 bits per heavy atom. The van der Waals surface area contributed by atoms with E-state index in [9.17, 15) is 13.5 Å². The first-order valence-electron chi connectivity index (χ1n) is 7.31. The number of aliphatic hydroxyl groups excluding tert-OH is 2. The predicted molar refractivity (Wildman–Crippen MR) is 83.3 cm³/mol. The molecular weight excluding hydrogens is 306 g/mol. The van der Waals surface area contributed by atoms with E-state index >= 15 is 0 Å². The molecule has 0 spiro atoms. The van der Waals surface area contributed by atoms with Crippen molar-refractivity contribution in [3.63, 3.8) is 0 Å². The van der Waals surface area contributed by atoms with Crippen LogP contribution in [0.3, 0.4) is 0 Å². The first kappa shape index (κ1) is 17.3. The Morgan fingerprint density at radius 1 is 1.14 bits per heavy atom. The van der Waals surface area contributed by atoms with E-state index in [1.165, 1.54) is 4.31 Å². The molecule has 1 aromatic carbocycles. The molecule has 0 amide bonds. The van der Waals surface area contributed by atoms with Gasteiger partial charge in [-0.1, -0.05) is 30.3 Å². The number of aliphatic hydroxyl groups is 2. The second-order valence-corrected chi connectivity index (χ2v) is 7.10. The van der Waals surface area contributed by atoms with Crippen LogP contribution in [0.25, 0.3) is 0 Å². The maximum atomic E-state index is 12.3. The Kier molecular flexibility index (Phi) is 6.30. The minimum absolute atomic E-state index is 0.270. The molecule has 1 aliphatic rings. The van der Waals surface area contributed by atoms with Gasteiger partial charge in [-0.2, -0.15) is 17.4 Å². The predicted octanol–water partition coefficient (Wildman–Crippen LogP) is -1.01. The number of nitrogens with one attached hydrogen (secondary N) is 1. The number of benzene rings is 1. The summed E-state index contributed by atoms with van der Waals surface area (Å²) in [5.41, 5.74) is 0.913. The van der Waals surface area contributed by atoms with Crippen LogP contribution in [0, 0.1) is 0 Å². The molecule has 22 heavy (non-hydrogen) atoms. The van der Waals surface area contributed by atoms with Crippen LogP contribution in [0.4, 0.5) is 0 Å². The van der Waals surface area contributed by atoms with Gasteiger partial charge in [0, 0.05) is 39.3 Å². The summed E-state index contributed by atoms with van der Waals surface area (Å²) in [6.45, 7) is 2.20. The normalized spacial score (nSPS) is 19.2. The van der Waals surface area contributed by atoms with Crippen LogP contribution in [-0.4, -0.2) is 73.3 Å². The molecule has 1 saturated heterocycles. The molecule has 0 saturated carbocycles. The largest absolute Gasteiger partial charge is 0.394 e. The Balaban J connectivity index is 1.82. The highest BCUT2D eigenvalue weighted by Gasteiger charge is 2.27. The molecule has 1 fully saturated rings. The summed E-state index contributed by atoms with van der Waals surface area (Å²) in [7, 11) is -3.49. The van der Waals surface area contributed by atoms with E-state index in [4.69, 9.17) is 5.11 Å². The van der Waals surface area contributed by atoms with E-state index in [0.29, 0.717) is 32.7 Å². The molecule has 2 rings (SSSR count). The van der Waals surface area contributed by atoms with Gasteiger partial charge < -0.3 is 10.2 Å². The van der Waals surface area contributed by atoms with E-state index in [-0.39, 0.29) is 13.2 Å². The van der Waals surface area contributed by atoms with Gasteiger partial charge >= 0.3 is 0 Å². The summed E-state index contributed by atoms with van der Waals surface area (Å²) >= 11 is 0. The van der Waals surface area contributed by atoms with Gasteiger partial charge in [-0.05, 0) is 5.56 Å². The molecule has 1 aliphatic heterocycles. The zero-order valence-electron chi connectivity index (χ0n) is 12.4. The number of hydrogen-bond acceptors (Lipinski definition) is 5. The van der Waals surface area contributed by atoms with E-state index in [1.54, 1.807) is 0 Å². The van der Waals surface area contributed by atoms with Gasteiger partial charge in [-0.25, -0.2) is 0 Å². The standard InChI is InChI=1S/C14H23N3O4S/c18-12-14(19)11-16-6-8-17(9-7-16)22(20,21)15-10-13-4-2-1-3-5-13/h1-5,14-15,18-19H,6-12H2/t14-/m0/s1. The van der Waals surface area contributed by atoms with Gasteiger partial charge in [0.2, 0.25) is 0 Å². The van der Waals surface area contributed by atoms with E-state index < -0.39 is 16.3 Å². The summed E-state index contributed by atoms with van der Waals surface area (Å²) in [4.78, 5) is 1.95. The monoisotopic (exact) mass is 329 g/mol. The van der Waals surface area contributed by atoms with E-state index in [2.05, 4.69) is 4.72 Å². The quantitative estimate of drug-likeness (QED) is 0.596. The highest BCUT2D eigenvalue weighted by Crippen LogP contribution is 2.08. The third-order valence-corrected chi connectivity index (χ3v) is 5.21. The molecular formula is C14H23N3O4S. The van der Waals surface area contributed by atoms with E-state index in [0.717, 1.165) is 5.56 Å². The zero-order chi connectivity index (χ0) is 16.0. The van der Waals surface area contributed by atoms with Crippen molar-refractivity contribution >= 4 is 10.2 Å². The first-order valence-corrected chi connectivity index (χ1v) is 8.75.